The van der Waals surface area contributed by atoms with Gasteiger partial charge in [0, 0.05) is 6.54 Å². The number of hydrogen-bond acceptors (Lipinski definition) is 2. The quantitative estimate of drug-likeness (QED) is 0.831. The van der Waals surface area contributed by atoms with Gasteiger partial charge in [-0.1, -0.05) is 17.7 Å². The minimum atomic E-state index is -0.0898. The number of nitrogens with one attached hydrogen (secondary N) is 1. The fourth-order valence-electron chi connectivity index (χ4n) is 5.59. The van der Waals surface area contributed by atoms with Gasteiger partial charge in [0.1, 0.15) is 0 Å². The average Bonchev–Trinajstić information content (AvgIpc) is 2.46. The van der Waals surface area contributed by atoms with E-state index in [0.29, 0.717) is 21.7 Å². The first-order valence-electron chi connectivity index (χ1n) is 8.37. The van der Waals surface area contributed by atoms with E-state index in [1.165, 1.54) is 38.5 Å². The summed E-state index contributed by atoms with van der Waals surface area (Å²) in [6.45, 7) is 0.792. The summed E-state index contributed by atoms with van der Waals surface area (Å²) in [5.41, 5.74) is 7.09. The van der Waals surface area contributed by atoms with E-state index in [2.05, 4.69) is 5.32 Å². The maximum atomic E-state index is 12.5. The normalized spacial score (nSPS) is 35.6. The van der Waals surface area contributed by atoms with Crippen molar-refractivity contribution in [3.8, 4) is 0 Å². The zero-order valence-electron chi connectivity index (χ0n) is 12.8. The van der Waals surface area contributed by atoms with E-state index >= 15 is 0 Å². The van der Waals surface area contributed by atoms with Crippen LogP contribution in [-0.4, -0.2) is 12.5 Å². The molecular weight excluding hydrogens is 296 g/mol. The van der Waals surface area contributed by atoms with Crippen LogP contribution in [0.4, 0.5) is 5.69 Å². The first kappa shape index (κ1) is 14.4. The van der Waals surface area contributed by atoms with E-state index in [0.717, 1.165) is 24.3 Å². The topological polar surface area (TPSA) is 55.1 Å². The summed E-state index contributed by atoms with van der Waals surface area (Å²) in [5, 5.41) is 3.51. The van der Waals surface area contributed by atoms with Crippen molar-refractivity contribution in [3.63, 3.8) is 0 Å². The summed E-state index contributed by atoms with van der Waals surface area (Å²) >= 11 is 6.16. The highest BCUT2D eigenvalue weighted by Crippen LogP contribution is 2.59. The molecule has 4 bridgehead atoms. The molecule has 4 aliphatic rings. The summed E-state index contributed by atoms with van der Waals surface area (Å²) in [5.74, 6) is 2.62. The minimum absolute atomic E-state index is 0.0898. The van der Waals surface area contributed by atoms with Gasteiger partial charge in [-0.05, 0) is 73.8 Å². The van der Waals surface area contributed by atoms with Crippen LogP contribution in [0.3, 0.4) is 0 Å². The van der Waals surface area contributed by atoms with E-state index in [1.807, 2.05) is 0 Å². The molecule has 3 nitrogen and oxygen atoms in total. The Labute approximate surface area is 136 Å². The Morgan fingerprint density at radius 1 is 1.18 bits per heavy atom. The van der Waals surface area contributed by atoms with Crippen molar-refractivity contribution in [3.05, 3.63) is 28.8 Å². The summed E-state index contributed by atoms with van der Waals surface area (Å²) in [6.07, 6.45) is 8.16. The molecule has 0 aliphatic heterocycles. The molecule has 1 amide bonds. The average molecular weight is 319 g/mol. The van der Waals surface area contributed by atoms with Crippen LogP contribution in [-0.2, 0) is 0 Å². The van der Waals surface area contributed by atoms with Crippen molar-refractivity contribution >= 4 is 23.2 Å². The number of halogens is 1. The Kier molecular flexibility index (Phi) is 3.37. The predicted molar refractivity (Wildman–Crippen MR) is 88.8 cm³/mol. The summed E-state index contributed by atoms with van der Waals surface area (Å²) in [7, 11) is 0. The van der Waals surface area contributed by atoms with Gasteiger partial charge in [-0.25, -0.2) is 0 Å². The number of nitrogens with two attached hydrogens (primary N) is 1. The van der Waals surface area contributed by atoms with Crippen LogP contribution in [0.5, 0.6) is 0 Å². The number of carbonyl (C=O) groups is 1. The van der Waals surface area contributed by atoms with Crippen LogP contribution >= 0.6 is 11.6 Å². The van der Waals surface area contributed by atoms with Crippen molar-refractivity contribution in [1.82, 2.24) is 5.32 Å². The van der Waals surface area contributed by atoms with Crippen molar-refractivity contribution in [2.45, 2.75) is 38.5 Å². The minimum Gasteiger partial charge on any atom is -0.398 e. The number of rotatable bonds is 3. The smallest absolute Gasteiger partial charge is 0.252 e. The van der Waals surface area contributed by atoms with E-state index in [9.17, 15) is 4.79 Å². The Morgan fingerprint density at radius 2 is 1.77 bits per heavy atom. The van der Waals surface area contributed by atoms with Crippen molar-refractivity contribution < 1.29 is 4.79 Å². The van der Waals surface area contributed by atoms with Crippen molar-refractivity contribution in [2.24, 2.45) is 23.2 Å². The lowest BCUT2D eigenvalue weighted by Crippen LogP contribution is -2.51. The van der Waals surface area contributed by atoms with Crippen LogP contribution < -0.4 is 11.1 Å². The lowest BCUT2D eigenvalue weighted by molar-refractivity contribution is -0.0503. The standard InChI is InChI=1S/C18H23ClN2O/c19-16-14(2-1-3-15(16)20)17(22)21-10-18-7-11-4-12(8-18)6-13(5-11)9-18/h1-3,11-13H,4-10,20H2,(H,21,22). The molecule has 3 N–H and O–H groups in total. The number of amides is 1. The van der Waals surface area contributed by atoms with Crippen LogP contribution in [0, 0.1) is 23.2 Å². The molecule has 1 aromatic carbocycles. The first-order chi connectivity index (χ1) is 10.5. The molecule has 1 aromatic rings. The van der Waals surface area contributed by atoms with Gasteiger partial charge in [0.15, 0.2) is 0 Å². The Bertz CT molecular complexity index is 578. The van der Waals surface area contributed by atoms with Crippen LogP contribution in [0.25, 0.3) is 0 Å². The molecule has 5 rings (SSSR count). The molecule has 22 heavy (non-hydrogen) atoms. The van der Waals surface area contributed by atoms with E-state index in [-0.39, 0.29) is 5.91 Å². The lowest BCUT2D eigenvalue weighted by atomic mass is 9.49. The third kappa shape index (κ3) is 2.40. The molecule has 4 saturated carbocycles. The fourth-order valence-corrected chi connectivity index (χ4v) is 5.81. The number of anilines is 1. The highest BCUT2D eigenvalue weighted by molar-refractivity contribution is 6.36. The van der Waals surface area contributed by atoms with Gasteiger partial charge in [0.05, 0.1) is 16.3 Å². The third-order valence-electron chi connectivity index (χ3n) is 6.06. The summed E-state index contributed by atoms with van der Waals surface area (Å²) in [6, 6.07) is 5.24. The van der Waals surface area contributed by atoms with Gasteiger partial charge in [-0.15, -0.1) is 0 Å². The molecular formula is C18H23ClN2O. The Morgan fingerprint density at radius 3 is 2.36 bits per heavy atom. The highest BCUT2D eigenvalue weighted by atomic mass is 35.5. The van der Waals surface area contributed by atoms with Gasteiger partial charge in [-0.2, -0.15) is 0 Å². The van der Waals surface area contributed by atoms with Crippen molar-refractivity contribution in [2.75, 3.05) is 12.3 Å². The summed E-state index contributed by atoms with van der Waals surface area (Å²) < 4.78 is 0. The lowest BCUT2D eigenvalue weighted by Gasteiger charge is -2.56. The molecule has 4 fully saturated rings. The second-order valence-electron chi connectivity index (χ2n) is 7.81. The van der Waals surface area contributed by atoms with E-state index in [4.69, 9.17) is 17.3 Å². The Balaban J connectivity index is 1.46. The third-order valence-corrected chi connectivity index (χ3v) is 6.48. The van der Waals surface area contributed by atoms with Gasteiger partial charge >= 0.3 is 0 Å². The Hall–Kier alpha value is -1.22. The monoisotopic (exact) mass is 318 g/mol. The van der Waals surface area contributed by atoms with Crippen molar-refractivity contribution in [1.29, 1.82) is 0 Å². The molecule has 0 atom stereocenters. The zero-order valence-corrected chi connectivity index (χ0v) is 13.5. The number of hydrogen-bond donors (Lipinski definition) is 2. The largest absolute Gasteiger partial charge is 0.398 e. The van der Waals surface area contributed by atoms with Gasteiger partial charge in [0.25, 0.3) is 5.91 Å². The summed E-state index contributed by atoms with van der Waals surface area (Å²) in [4.78, 5) is 12.5. The van der Waals surface area contributed by atoms with Crippen LogP contribution in [0.15, 0.2) is 18.2 Å². The molecule has 0 saturated heterocycles. The molecule has 118 valence electrons. The number of benzene rings is 1. The number of nitrogen functional groups attached to an aromatic ring is 1. The first-order valence-corrected chi connectivity index (χ1v) is 8.75. The van der Waals surface area contributed by atoms with E-state index in [1.54, 1.807) is 18.2 Å². The molecule has 4 aliphatic carbocycles. The second-order valence-corrected chi connectivity index (χ2v) is 8.19. The van der Waals surface area contributed by atoms with Gasteiger partial charge in [0.2, 0.25) is 0 Å². The zero-order chi connectivity index (χ0) is 15.3. The second kappa shape index (κ2) is 5.16. The van der Waals surface area contributed by atoms with Gasteiger partial charge in [-0.3, -0.25) is 4.79 Å². The van der Waals surface area contributed by atoms with Crippen LogP contribution in [0.2, 0.25) is 5.02 Å². The SMILES string of the molecule is Nc1cccc(C(=O)NCC23CC4CC(CC(C4)C2)C3)c1Cl. The molecule has 0 heterocycles. The van der Waals surface area contributed by atoms with Gasteiger partial charge < -0.3 is 11.1 Å². The van der Waals surface area contributed by atoms with Crippen LogP contribution in [0.1, 0.15) is 48.9 Å². The number of carbonyl (C=O) groups excluding carboxylic acids is 1. The highest BCUT2D eigenvalue weighted by Gasteiger charge is 2.50. The maximum Gasteiger partial charge on any atom is 0.252 e. The molecule has 0 aromatic heterocycles. The molecule has 0 radical (unpaired) electrons. The predicted octanol–water partition coefficient (Wildman–Crippen LogP) is 3.87. The molecule has 0 unspecified atom stereocenters. The molecule has 4 heteroatoms. The maximum absolute atomic E-state index is 12.5. The fraction of sp³-hybridized carbons (Fsp3) is 0.611. The molecule has 0 spiro atoms. The van der Waals surface area contributed by atoms with E-state index < -0.39 is 0 Å².